The summed E-state index contributed by atoms with van der Waals surface area (Å²) in [4.78, 5) is 24.7. The lowest BCUT2D eigenvalue weighted by molar-refractivity contribution is -0.143. The van der Waals surface area contributed by atoms with Crippen molar-refractivity contribution in [2.75, 3.05) is 13.2 Å². The zero-order valence-corrected chi connectivity index (χ0v) is 56.7. The Bertz CT molecular complexity index is 1260. The van der Waals surface area contributed by atoms with Gasteiger partial charge in [0.15, 0.2) is 0 Å². The fourth-order valence-corrected chi connectivity index (χ4v) is 12.5. The smallest absolute Gasteiger partial charge is 0.305 e. The number of esters is 1. The first-order valence-corrected chi connectivity index (χ1v) is 38.4. The largest absolute Gasteiger partial charge is 0.466 e. The Labute approximate surface area is 520 Å². The topological polar surface area (TPSA) is 95.9 Å². The number of nitrogens with one attached hydrogen (secondary N) is 1. The van der Waals surface area contributed by atoms with Gasteiger partial charge in [-0.25, -0.2) is 0 Å². The normalized spacial score (nSPS) is 12.5. The van der Waals surface area contributed by atoms with Crippen molar-refractivity contribution in [3.63, 3.8) is 0 Å². The van der Waals surface area contributed by atoms with Gasteiger partial charge in [-0.1, -0.05) is 392 Å². The second-order valence-corrected chi connectivity index (χ2v) is 26.7. The van der Waals surface area contributed by atoms with Crippen molar-refractivity contribution in [1.29, 1.82) is 0 Å². The molecule has 0 saturated heterocycles. The Balaban J connectivity index is 3.36. The van der Waals surface area contributed by atoms with E-state index in [0.717, 1.165) is 44.9 Å². The van der Waals surface area contributed by atoms with E-state index in [9.17, 15) is 19.8 Å². The van der Waals surface area contributed by atoms with Crippen LogP contribution in [-0.2, 0) is 14.3 Å². The van der Waals surface area contributed by atoms with Gasteiger partial charge in [0.25, 0.3) is 0 Å². The number of rotatable bonds is 73. The third kappa shape index (κ3) is 69.6. The minimum Gasteiger partial charge on any atom is -0.466 e. The molecule has 0 aromatic carbocycles. The molecule has 494 valence electrons. The number of carbonyl (C=O) groups excluding carboxylic acids is 2. The van der Waals surface area contributed by atoms with Crippen LogP contribution in [0.15, 0.2) is 12.2 Å². The fraction of sp³-hybridized carbons (Fsp3) is 0.948. The number of amides is 1. The molecule has 0 rings (SSSR count). The number of carbonyl (C=O) groups is 2. The Hall–Kier alpha value is -1.40. The first kappa shape index (κ1) is 81.6. The molecule has 0 radical (unpaired) electrons. The Kier molecular flexibility index (Phi) is 71.8. The van der Waals surface area contributed by atoms with Gasteiger partial charge >= 0.3 is 5.97 Å². The summed E-state index contributed by atoms with van der Waals surface area (Å²) in [7, 11) is 0. The molecule has 2 atom stereocenters. The van der Waals surface area contributed by atoms with Crippen LogP contribution in [0.5, 0.6) is 0 Å². The van der Waals surface area contributed by atoms with Gasteiger partial charge in [-0.3, -0.25) is 9.59 Å². The molecule has 0 aliphatic rings. The van der Waals surface area contributed by atoms with Crippen LogP contribution >= 0.6 is 0 Å². The molecule has 3 N–H and O–H groups in total. The molecule has 0 aromatic heterocycles. The van der Waals surface area contributed by atoms with Crippen LogP contribution in [0.3, 0.4) is 0 Å². The molecule has 0 bridgehead atoms. The summed E-state index contributed by atoms with van der Waals surface area (Å²) in [6.07, 6.45) is 91.4. The molecule has 0 heterocycles. The van der Waals surface area contributed by atoms with Crippen LogP contribution in [0, 0.1) is 0 Å². The quantitative estimate of drug-likeness (QED) is 0.0320. The van der Waals surface area contributed by atoms with Crippen LogP contribution in [0.4, 0.5) is 0 Å². The van der Waals surface area contributed by atoms with Crippen molar-refractivity contribution in [2.24, 2.45) is 0 Å². The second-order valence-electron chi connectivity index (χ2n) is 26.7. The zero-order valence-electron chi connectivity index (χ0n) is 56.7. The molecule has 83 heavy (non-hydrogen) atoms. The lowest BCUT2D eigenvalue weighted by Gasteiger charge is -2.22. The van der Waals surface area contributed by atoms with E-state index in [-0.39, 0.29) is 18.5 Å². The summed E-state index contributed by atoms with van der Waals surface area (Å²) in [5.41, 5.74) is 0. The molecule has 0 saturated carbocycles. The van der Waals surface area contributed by atoms with E-state index in [1.54, 1.807) is 0 Å². The Morgan fingerprint density at radius 3 is 0.855 bits per heavy atom. The minimum atomic E-state index is -0.666. The highest BCUT2D eigenvalue weighted by molar-refractivity contribution is 5.76. The fourth-order valence-electron chi connectivity index (χ4n) is 12.5. The van der Waals surface area contributed by atoms with E-state index in [4.69, 9.17) is 4.74 Å². The number of unbranched alkanes of at least 4 members (excludes halogenated alkanes) is 60. The van der Waals surface area contributed by atoms with Gasteiger partial charge in [-0.05, 0) is 51.4 Å². The van der Waals surface area contributed by atoms with Crippen LogP contribution in [0.2, 0.25) is 0 Å². The molecule has 0 aromatic rings. The molecule has 1 amide bonds. The highest BCUT2D eigenvalue weighted by atomic mass is 16.5. The predicted molar refractivity (Wildman–Crippen MR) is 366 cm³/mol. The van der Waals surface area contributed by atoms with E-state index in [2.05, 4.69) is 31.3 Å². The summed E-state index contributed by atoms with van der Waals surface area (Å²) >= 11 is 0. The molecular weight excluding hydrogens is 1020 g/mol. The summed E-state index contributed by atoms with van der Waals surface area (Å²) in [6.45, 7) is 5.00. The van der Waals surface area contributed by atoms with E-state index < -0.39 is 12.1 Å². The SMILES string of the molecule is CCCCCCCC/C=C\CCCCCCCCCCCC(=O)OCCCCCCCCCCCCCCCCCCCCCCCCC(=O)NC(CO)C(O)CCCCCCCCCCCCCCCCCCCCCCCCCCC. The molecule has 0 fully saturated rings. The minimum absolute atomic E-state index is 0.0146. The highest BCUT2D eigenvalue weighted by Crippen LogP contribution is 2.20. The number of ether oxygens (including phenoxy) is 1. The molecule has 2 unspecified atom stereocenters. The highest BCUT2D eigenvalue weighted by Gasteiger charge is 2.20. The van der Waals surface area contributed by atoms with Crippen LogP contribution in [0.25, 0.3) is 0 Å². The number of hydrogen-bond acceptors (Lipinski definition) is 5. The number of hydrogen-bond donors (Lipinski definition) is 3. The van der Waals surface area contributed by atoms with Gasteiger partial charge < -0.3 is 20.3 Å². The van der Waals surface area contributed by atoms with Crippen molar-refractivity contribution < 1.29 is 24.5 Å². The average Bonchev–Trinajstić information content (AvgIpc) is 3.49. The zero-order chi connectivity index (χ0) is 59.9. The summed E-state index contributed by atoms with van der Waals surface area (Å²) < 4.78 is 5.51. The lowest BCUT2D eigenvalue weighted by atomic mass is 10.0. The maximum Gasteiger partial charge on any atom is 0.305 e. The van der Waals surface area contributed by atoms with Crippen molar-refractivity contribution in [1.82, 2.24) is 5.32 Å². The van der Waals surface area contributed by atoms with Gasteiger partial charge in [-0.15, -0.1) is 0 Å². The van der Waals surface area contributed by atoms with E-state index in [0.29, 0.717) is 25.9 Å². The molecular formula is C77H151NO5. The first-order chi connectivity index (χ1) is 41.0. The number of allylic oxidation sites excluding steroid dienone is 2. The van der Waals surface area contributed by atoms with Gasteiger partial charge in [-0.2, -0.15) is 0 Å². The van der Waals surface area contributed by atoms with Crippen molar-refractivity contribution in [2.45, 2.75) is 456 Å². The first-order valence-electron chi connectivity index (χ1n) is 38.4. The van der Waals surface area contributed by atoms with Crippen molar-refractivity contribution >= 4 is 11.9 Å². The standard InChI is InChI=1S/C77H151NO5/c1-3-5-7-9-11-13-15-17-19-21-23-24-25-26-27-30-34-37-41-45-49-53-57-61-65-69-75(80)74(73-79)78-76(81)70-66-62-58-54-50-46-42-38-35-31-28-29-32-36-40-44-48-52-56-60-64-68-72-83-77(82)71-67-63-59-55-51-47-43-39-33-22-20-18-16-14-12-10-8-6-4-2/h18,20,74-75,79-80H,3-17,19,21-73H2,1-2H3,(H,78,81)/b20-18-. The molecule has 6 heteroatoms. The van der Waals surface area contributed by atoms with E-state index >= 15 is 0 Å². The third-order valence-corrected chi connectivity index (χ3v) is 18.3. The molecule has 0 aliphatic carbocycles. The van der Waals surface area contributed by atoms with Crippen LogP contribution in [-0.4, -0.2) is 47.4 Å². The second kappa shape index (κ2) is 73.1. The summed E-state index contributed by atoms with van der Waals surface area (Å²) in [5, 5.41) is 23.5. The lowest BCUT2D eigenvalue weighted by Crippen LogP contribution is -2.45. The maximum atomic E-state index is 12.6. The number of aliphatic hydroxyl groups excluding tert-OH is 2. The average molecular weight is 1170 g/mol. The Morgan fingerprint density at radius 1 is 0.325 bits per heavy atom. The maximum absolute atomic E-state index is 12.6. The molecule has 6 nitrogen and oxygen atoms in total. The predicted octanol–water partition coefficient (Wildman–Crippen LogP) is 25.1. The monoisotopic (exact) mass is 1170 g/mol. The number of aliphatic hydroxyl groups is 2. The van der Waals surface area contributed by atoms with Crippen LogP contribution < -0.4 is 5.32 Å². The van der Waals surface area contributed by atoms with Crippen molar-refractivity contribution in [3.05, 3.63) is 12.2 Å². The van der Waals surface area contributed by atoms with Gasteiger partial charge in [0, 0.05) is 12.8 Å². The van der Waals surface area contributed by atoms with Gasteiger partial charge in [0.05, 0.1) is 25.4 Å². The van der Waals surface area contributed by atoms with E-state index in [1.165, 1.54) is 366 Å². The Morgan fingerprint density at radius 2 is 0.566 bits per heavy atom. The van der Waals surface area contributed by atoms with Gasteiger partial charge in [0.2, 0.25) is 5.91 Å². The summed E-state index contributed by atoms with van der Waals surface area (Å²) in [5.74, 6) is -0.0145. The van der Waals surface area contributed by atoms with E-state index in [1.807, 2.05) is 0 Å². The van der Waals surface area contributed by atoms with Crippen LogP contribution in [0.1, 0.15) is 444 Å². The van der Waals surface area contributed by atoms with Gasteiger partial charge in [0.1, 0.15) is 0 Å². The van der Waals surface area contributed by atoms with Crippen molar-refractivity contribution in [3.8, 4) is 0 Å². The molecule has 0 spiro atoms. The third-order valence-electron chi connectivity index (χ3n) is 18.3. The molecule has 0 aliphatic heterocycles. The summed E-state index contributed by atoms with van der Waals surface area (Å²) in [6, 6.07) is -0.543.